The molecule has 0 bridgehead atoms. The van der Waals surface area contributed by atoms with Crippen LogP contribution in [-0.2, 0) is 9.53 Å². The normalized spacial score (nSPS) is 10.9. The van der Waals surface area contributed by atoms with Crippen molar-refractivity contribution >= 4 is 11.7 Å². The van der Waals surface area contributed by atoms with Gasteiger partial charge in [-0.1, -0.05) is 0 Å². The van der Waals surface area contributed by atoms with Gasteiger partial charge >= 0.3 is 5.97 Å². The zero-order chi connectivity index (χ0) is 11.3. The van der Waals surface area contributed by atoms with E-state index in [4.69, 9.17) is 10.5 Å². The first-order chi connectivity index (χ1) is 7.17. The van der Waals surface area contributed by atoms with E-state index in [0.29, 0.717) is 5.70 Å². The van der Waals surface area contributed by atoms with Crippen molar-refractivity contribution in [3.8, 4) is 5.75 Å². The Balaban J connectivity index is 2.87. The van der Waals surface area contributed by atoms with E-state index in [1.54, 1.807) is 31.4 Å². The summed E-state index contributed by atoms with van der Waals surface area (Å²) in [6, 6.07) is 7.09. The third kappa shape index (κ3) is 3.02. The molecular weight excluding hydrogens is 194 g/mol. The molecule has 0 atom stereocenters. The summed E-state index contributed by atoms with van der Waals surface area (Å²) < 4.78 is 9.47. The first-order valence-corrected chi connectivity index (χ1v) is 4.37. The van der Waals surface area contributed by atoms with Crippen molar-refractivity contribution < 1.29 is 14.3 Å². The van der Waals surface area contributed by atoms with Crippen LogP contribution in [0.3, 0.4) is 0 Å². The molecule has 0 aliphatic heterocycles. The lowest BCUT2D eigenvalue weighted by Crippen LogP contribution is -2.02. The quantitative estimate of drug-likeness (QED) is 0.597. The van der Waals surface area contributed by atoms with Crippen molar-refractivity contribution in [1.29, 1.82) is 0 Å². The highest BCUT2D eigenvalue weighted by molar-refractivity contribution is 5.90. The van der Waals surface area contributed by atoms with Gasteiger partial charge in [0.15, 0.2) is 0 Å². The second-order valence-corrected chi connectivity index (χ2v) is 2.85. The fourth-order valence-electron chi connectivity index (χ4n) is 1.05. The van der Waals surface area contributed by atoms with Gasteiger partial charge in [-0.2, -0.15) is 0 Å². The van der Waals surface area contributed by atoms with E-state index in [2.05, 4.69) is 4.74 Å². The van der Waals surface area contributed by atoms with Crippen LogP contribution in [0, 0.1) is 0 Å². The Labute approximate surface area is 88.3 Å². The molecule has 1 aromatic rings. The van der Waals surface area contributed by atoms with Crippen LogP contribution in [0.1, 0.15) is 5.56 Å². The molecule has 0 spiro atoms. The molecule has 0 unspecified atom stereocenters. The predicted octanol–water partition coefficient (Wildman–Crippen LogP) is 1.17. The molecule has 0 saturated carbocycles. The smallest absolute Gasteiger partial charge is 0.332 e. The van der Waals surface area contributed by atoms with Crippen LogP contribution >= 0.6 is 0 Å². The standard InChI is InChI=1S/C11H13NO3/c1-14-9-5-3-8(4-6-9)10(12)7-11(13)15-2/h3-7H,12H2,1-2H3/b10-7+. The molecule has 0 amide bonds. The summed E-state index contributed by atoms with van der Waals surface area (Å²) in [5, 5.41) is 0. The van der Waals surface area contributed by atoms with Crippen LogP contribution in [0.25, 0.3) is 5.70 Å². The van der Waals surface area contributed by atoms with E-state index in [9.17, 15) is 4.79 Å². The molecular formula is C11H13NO3. The number of hydrogen-bond donors (Lipinski definition) is 1. The van der Waals surface area contributed by atoms with Crippen LogP contribution in [0.5, 0.6) is 5.75 Å². The Morgan fingerprint density at radius 3 is 2.33 bits per heavy atom. The lowest BCUT2D eigenvalue weighted by Gasteiger charge is -2.03. The molecule has 0 saturated heterocycles. The number of benzene rings is 1. The summed E-state index contributed by atoms with van der Waals surface area (Å²) in [4.78, 5) is 10.9. The third-order valence-corrected chi connectivity index (χ3v) is 1.90. The molecule has 0 radical (unpaired) electrons. The van der Waals surface area contributed by atoms with Crippen LogP contribution < -0.4 is 10.5 Å². The highest BCUT2D eigenvalue weighted by Crippen LogP contribution is 2.15. The van der Waals surface area contributed by atoms with Gasteiger partial charge in [-0.25, -0.2) is 4.79 Å². The molecule has 4 heteroatoms. The van der Waals surface area contributed by atoms with Gasteiger partial charge in [0.2, 0.25) is 0 Å². The summed E-state index contributed by atoms with van der Waals surface area (Å²) in [6.45, 7) is 0. The zero-order valence-electron chi connectivity index (χ0n) is 8.69. The lowest BCUT2D eigenvalue weighted by molar-refractivity contribution is -0.134. The summed E-state index contributed by atoms with van der Waals surface area (Å²) in [6.07, 6.45) is 1.24. The number of carbonyl (C=O) groups excluding carboxylic acids is 1. The van der Waals surface area contributed by atoms with E-state index >= 15 is 0 Å². The Hall–Kier alpha value is -1.97. The average molecular weight is 207 g/mol. The van der Waals surface area contributed by atoms with Gasteiger partial charge in [-0.3, -0.25) is 0 Å². The molecule has 0 heterocycles. The topological polar surface area (TPSA) is 61.5 Å². The monoisotopic (exact) mass is 207 g/mol. The number of hydrogen-bond acceptors (Lipinski definition) is 4. The highest BCUT2D eigenvalue weighted by atomic mass is 16.5. The molecule has 80 valence electrons. The summed E-state index contributed by atoms with van der Waals surface area (Å²) in [5.41, 5.74) is 6.80. The van der Waals surface area contributed by atoms with Gasteiger partial charge in [0, 0.05) is 11.8 Å². The molecule has 1 rings (SSSR count). The number of rotatable bonds is 3. The second kappa shape index (κ2) is 5.05. The van der Waals surface area contributed by atoms with Crippen LogP contribution in [0.4, 0.5) is 0 Å². The van der Waals surface area contributed by atoms with E-state index < -0.39 is 5.97 Å². The fourth-order valence-corrected chi connectivity index (χ4v) is 1.05. The van der Waals surface area contributed by atoms with Crippen molar-refractivity contribution in [2.75, 3.05) is 14.2 Å². The number of methoxy groups -OCH3 is 2. The minimum absolute atomic E-state index is 0.365. The van der Waals surface area contributed by atoms with E-state index in [1.807, 2.05) is 0 Å². The van der Waals surface area contributed by atoms with Crippen molar-refractivity contribution in [3.05, 3.63) is 35.9 Å². The minimum atomic E-state index is -0.469. The Morgan fingerprint density at radius 1 is 1.27 bits per heavy atom. The van der Waals surface area contributed by atoms with E-state index in [-0.39, 0.29) is 0 Å². The third-order valence-electron chi connectivity index (χ3n) is 1.90. The molecule has 15 heavy (non-hydrogen) atoms. The maximum atomic E-state index is 10.9. The summed E-state index contributed by atoms with van der Waals surface area (Å²) in [7, 11) is 2.89. The molecule has 1 aromatic carbocycles. The SMILES string of the molecule is COC(=O)/C=C(/N)c1ccc(OC)cc1. The average Bonchev–Trinajstić information content (AvgIpc) is 2.29. The summed E-state index contributed by atoms with van der Waals surface area (Å²) in [5.74, 6) is 0.271. The van der Waals surface area contributed by atoms with Gasteiger partial charge in [0.25, 0.3) is 0 Å². The van der Waals surface area contributed by atoms with Gasteiger partial charge in [-0.05, 0) is 29.8 Å². The van der Waals surface area contributed by atoms with Crippen molar-refractivity contribution in [1.82, 2.24) is 0 Å². The molecule has 0 aliphatic rings. The Morgan fingerprint density at radius 2 is 1.87 bits per heavy atom. The molecule has 2 N–H and O–H groups in total. The number of esters is 1. The van der Waals surface area contributed by atoms with Gasteiger partial charge in [0.05, 0.1) is 14.2 Å². The predicted molar refractivity (Wildman–Crippen MR) is 57.2 cm³/mol. The van der Waals surface area contributed by atoms with Crippen LogP contribution in [0.2, 0.25) is 0 Å². The first kappa shape index (κ1) is 11.1. The molecule has 0 fully saturated rings. The first-order valence-electron chi connectivity index (χ1n) is 4.37. The molecule has 0 aliphatic carbocycles. The maximum absolute atomic E-state index is 10.9. The number of carbonyl (C=O) groups is 1. The van der Waals surface area contributed by atoms with Crippen molar-refractivity contribution in [3.63, 3.8) is 0 Å². The largest absolute Gasteiger partial charge is 0.497 e. The lowest BCUT2D eigenvalue weighted by atomic mass is 10.1. The fraction of sp³-hybridized carbons (Fsp3) is 0.182. The molecule has 0 aromatic heterocycles. The Bertz CT molecular complexity index is 368. The zero-order valence-corrected chi connectivity index (χ0v) is 8.69. The maximum Gasteiger partial charge on any atom is 0.332 e. The van der Waals surface area contributed by atoms with Crippen molar-refractivity contribution in [2.45, 2.75) is 0 Å². The Kier molecular flexibility index (Phi) is 3.74. The highest BCUT2D eigenvalue weighted by Gasteiger charge is 2.00. The van der Waals surface area contributed by atoms with Gasteiger partial charge in [-0.15, -0.1) is 0 Å². The van der Waals surface area contributed by atoms with Gasteiger partial charge in [0.1, 0.15) is 5.75 Å². The second-order valence-electron chi connectivity index (χ2n) is 2.85. The van der Waals surface area contributed by atoms with E-state index in [0.717, 1.165) is 11.3 Å². The summed E-state index contributed by atoms with van der Waals surface area (Å²) >= 11 is 0. The van der Waals surface area contributed by atoms with E-state index in [1.165, 1.54) is 13.2 Å². The minimum Gasteiger partial charge on any atom is -0.497 e. The van der Waals surface area contributed by atoms with Crippen LogP contribution in [-0.4, -0.2) is 20.2 Å². The van der Waals surface area contributed by atoms with Gasteiger partial charge < -0.3 is 15.2 Å². The van der Waals surface area contributed by atoms with Crippen LogP contribution in [0.15, 0.2) is 30.3 Å². The number of ether oxygens (including phenoxy) is 2. The molecule has 4 nitrogen and oxygen atoms in total. The van der Waals surface area contributed by atoms with Crippen molar-refractivity contribution in [2.24, 2.45) is 5.73 Å². The number of nitrogens with two attached hydrogens (primary N) is 1.